The van der Waals surface area contributed by atoms with Crippen molar-refractivity contribution in [3.63, 3.8) is 0 Å². The zero-order chi connectivity index (χ0) is 11.7. The summed E-state index contributed by atoms with van der Waals surface area (Å²) in [5, 5.41) is 0. The quantitative estimate of drug-likeness (QED) is 0.788. The Bertz CT molecular complexity index is 490. The second-order valence-electron chi connectivity index (χ2n) is 4.25. The summed E-state index contributed by atoms with van der Waals surface area (Å²) in [6.45, 7) is 6.38. The predicted octanol–water partition coefficient (Wildman–Crippen LogP) is 3.26. The van der Waals surface area contributed by atoms with Crippen molar-refractivity contribution < 1.29 is 0 Å². The Morgan fingerprint density at radius 2 is 1.62 bits per heavy atom. The first-order valence-corrected chi connectivity index (χ1v) is 5.37. The zero-order valence-electron chi connectivity index (χ0n) is 9.91. The molecular weight excluding hydrogens is 196 g/mol. The van der Waals surface area contributed by atoms with E-state index in [9.17, 15) is 0 Å². The van der Waals surface area contributed by atoms with E-state index in [4.69, 9.17) is 5.73 Å². The fourth-order valence-electron chi connectivity index (χ4n) is 2.19. The average molecular weight is 212 g/mol. The van der Waals surface area contributed by atoms with Gasteiger partial charge in [-0.05, 0) is 49.6 Å². The van der Waals surface area contributed by atoms with Gasteiger partial charge >= 0.3 is 0 Å². The molecule has 1 aromatic carbocycles. The molecule has 0 unspecified atom stereocenters. The fourth-order valence-corrected chi connectivity index (χ4v) is 2.19. The summed E-state index contributed by atoms with van der Waals surface area (Å²) in [6.07, 6.45) is 1.83. The van der Waals surface area contributed by atoms with Gasteiger partial charge in [0.15, 0.2) is 0 Å². The molecule has 2 rings (SSSR count). The molecule has 2 nitrogen and oxygen atoms in total. The molecule has 2 N–H and O–H groups in total. The number of benzene rings is 1. The second kappa shape index (κ2) is 3.97. The summed E-state index contributed by atoms with van der Waals surface area (Å²) >= 11 is 0. The number of hydrogen-bond donors (Lipinski definition) is 1. The molecule has 2 heteroatoms. The van der Waals surface area contributed by atoms with Crippen LogP contribution in [0.2, 0.25) is 0 Å². The van der Waals surface area contributed by atoms with Crippen molar-refractivity contribution in [3.8, 4) is 11.1 Å². The van der Waals surface area contributed by atoms with Gasteiger partial charge in [0.05, 0.1) is 0 Å². The number of aryl methyl sites for hydroxylation is 3. The highest BCUT2D eigenvalue weighted by Crippen LogP contribution is 2.27. The van der Waals surface area contributed by atoms with Crippen LogP contribution in [-0.2, 0) is 0 Å². The van der Waals surface area contributed by atoms with Gasteiger partial charge in [0.1, 0.15) is 5.82 Å². The number of rotatable bonds is 1. The van der Waals surface area contributed by atoms with E-state index in [2.05, 4.69) is 37.9 Å². The lowest BCUT2D eigenvalue weighted by molar-refractivity contribution is 1.29. The summed E-state index contributed by atoms with van der Waals surface area (Å²) in [6, 6.07) is 8.25. The van der Waals surface area contributed by atoms with Crippen LogP contribution in [0.3, 0.4) is 0 Å². The number of nitrogens with two attached hydrogens (primary N) is 1. The minimum Gasteiger partial charge on any atom is -0.384 e. The first kappa shape index (κ1) is 10.7. The van der Waals surface area contributed by atoms with Gasteiger partial charge in [-0.1, -0.05) is 17.7 Å². The molecule has 0 spiro atoms. The maximum atomic E-state index is 5.59. The van der Waals surface area contributed by atoms with Crippen LogP contribution in [0.25, 0.3) is 11.1 Å². The van der Waals surface area contributed by atoms with Crippen LogP contribution in [0.5, 0.6) is 0 Å². The Balaban J connectivity index is 2.60. The van der Waals surface area contributed by atoms with E-state index in [1.54, 1.807) is 0 Å². The van der Waals surface area contributed by atoms with Gasteiger partial charge in [-0.15, -0.1) is 0 Å². The standard InChI is InChI=1S/C14H16N2/c1-9-6-10(2)14(11(3)7-9)12-4-5-13(15)16-8-12/h4-8H,1-3H3,(H2,15,16). The normalized spacial score (nSPS) is 10.4. The summed E-state index contributed by atoms with van der Waals surface area (Å²) in [4.78, 5) is 4.14. The van der Waals surface area contributed by atoms with Gasteiger partial charge in [0.25, 0.3) is 0 Å². The van der Waals surface area contributed by atoms with Gasteiger partial charge < -0.3 is 5.73 Å². The van der Waals surface area contributed by atoms with Crippen molar-refractivity contribution in [2.24, 2.45) is 0 Å². The van der Waals surface area contributed by atoms with Crippen molar-refractivity contribution in [2.75, 3.05) is 5.73 Å². The molecule has 0 fully saturated rings. The van der Waals surface area contributed by atoms with Crippen molar-refractivity contribution in [1.82, 2.24) is 4.98 Å². The lowest BCUT2D eigenvalue weighted by atomic mass is 9.95. The molecule has 0 bridgehead atoms. The number of hydrogen-bond acceptors (Lipinski definition) is 2. The Morgan fingerprint density at radius 3 is 2.12 bits per heavy atom. The number of pyridine rings is 1. The highest BCUT2D eigenvalue weighted by Gasteiger charge is 2.06. The molecule has 16 heavy (non-hydrogen) atoms. The van der Waals surface area contributed by atoms with Crippen molar-refractivity contribution in [1.29, 1.82) is 0 Å². The molecule has 0 saturated heterocycles. The smallest absolute Gasteiger partial charge is 0.123 e. The van der Waals surface area contributed by atoms with Gasteiger partial charge in [0.2, 0.25) is 0 Å². The van der Waals surface area contributed by atoms with Gasteiger partial charge in [-0.25, -0.2) is 4.98 Å². The molecule has 0 aliphatic rings. The minimum absolute atomic E-state index is 0.561. The van der Waals surface area contributed by atoms with Gasteiger partial charge in [0, 0.05) is 11.8 Å². The Morgan fingerprint density at radius 1 is 1.00 bits per heavy atom. The van der Waals surface area contributed by atoms with Crippen LogP contribution in [-0.4, -0.2) is 4.98 Å². The first-order chi connectivity index (χ1) is 7.58. The lowest BCUT2D eigenvalue weighted by Gasteiger charge is -2.11. The van der Waals surface area contributed by atoms with Crippen LogP contribution >= 0.6 is 0 Å². The van der Waals surface area contributed by atoms with E-state index in [0.717, 1.165) is 5.56 Å². The molecule has 0 aliphatic heterocycles. The second-order valence-corrected chi connectivity index (χ2v) is 4.25. The number of nitrogen functional groups attached to an aromatic ring is 1. The Labute approximate surface area is 96.1 Å². The van der Waals surface area contributed by atoms with E-state index >= 15 is 0 Å². The van der Waals surface area contributed by atoms with Gasteiger partial charge in [-0.2, -0.15) is 0 Å². The zero-order valence-corrected chi connectivity index (χ0v) is 9.91. The highest BCUT2D eigenvalue weighted by atomic mass is 14.8. The third-order valence-corrected chi connectivity index (χ3v) is 2.75. The molecule has 0 saturated carbocycles. The topological polar surface area (TPSA) is 38.9 Å². The van der Waals surface area contributed by atoms with E-state index in [0.29, 0.717) is 5.82 Å². The van der Waals surface area contributed by atoms with E-state index in [1.807, 2.05) is 18.3 Å². The van der Waals surface area contributed by atoms with Crippen LogP contribution in [0.15, 0.2) is 30.5 Å². The Hall–Kier alpha value is -1.83. The molecule has 82 valence electrons. The number of aromatic nitrogens is 1. The van der Waals surface area contributed by atoms with E-state index in [-0.39, 0.29) is 0 Å². The van der Waals surface area contributed by atoms with Gasteiger partial charge in [-0.3, -0.25) is 0 Å². The molecule has 2 aromatic rings. The first-order valence-electron chi connectivity index (χ1n) is 5.37. The van der Waals surface area contributed by atoms with Crippen LogP contribution in [0, 0.1) is 20.8 Å². The minimum atomic E-state index is 0.561. The monoisotopic (exact) mass is 212 g/mol. The third kappa shape index (κ3) is 1.91. The van der Waals surface area contributed by atoms with E-state index in [1.165, 1.54) is 22.3 Å². The van der Waals surface area contributed by atoms with Crippen molar-refractivity contribution in [2.45, 2.75) is 20.8 Å². The average Bonchev–Trinajstić information content (AvgIpc) is 2.19. The third-order valence-electron chi connectivity index (χ3n) is 2.75. The summed E-state index contributed by atoms with van der Waals surface area (Å²) in [5.41, 5.74) is 11.8. The lowest BCUT2D eigenvalue weighted by Crippen LogP contribution is -1.93. The van der Waals surface area contributed by atoms with Crippen molar-refractivity contribution >= 4 is 5.82 Å². The van der Waals surface area contributed by atoms with E-state index < -0.39 is 0 Å². The Kier molecular flexibility index (Phi) is 2.65. The molecular formula is C14H16N2. The molecule has 1 heterocycles. The summed E-state index contributed by atoms with van der Waals surface area (Å²) < 4.78 is 0. The molecule has 0 radical (unpaired) electrons. The summed E-state index contributed by atoms with van der Waals surface area (Å²) in [7, 11) is 0. The van der Waals surface area contributed by atoms with Crippen LogP contribution in [0.4, 0.5) is 5.82 Å². The predicted molar refractivity (Wildman–Crippen MR) is 68.3 cm³/mol. The fraction of sp³-hybridized carbons (Fsp3) is 0.214. The van der Waals surface area contributed by atoms with Crippen LogP contribution < -0.4 is 5.73 Å². The van der Waals surface area contributed by atoms with Crippen molar-refractivity contribution in [3.05, 3.63) is 47.2 Å². The summed E-state index contributed by atoms with van der Waals surface area (Å²) in [5.74, 6) is 0.561. The maximum Gasteiger partial charge on any atom is 0.123 e. The number of nitrogens with zero attached hydrogens (tertiary/aromatic N) is 1. The van der Waals surface area contributed by atoms with Crippen LogP contribution in [0.1, 0.15) is 16.7 Å². The molecule has 0 aliphatic carbocycles. The number of anilines is 1. The largest absolute Gasteiger partial charge is 0.384 e. The maximum absolute atomic E-state index is 5.59. The molecule has 1 aromatic heterocycles. The SMILES string of the molecule is Cc1cc(C)c(-c2ccc(N)nc2)c(C)c1. The molecule has 0 amide bonds. The molecule has 0 atom stereocenters. The highest BCUT2D eigenvalue weighted by molar-refractivity contribution is 5.71.